The molecule has 0 spiro atoms. The molecule has 17 heavy (non-hydrogen) atoms. The Balaban J connectivity index is 2.24. The van der Waals surface area contributed by atoms with Crippen molar-refractivity contribution < 1.29 is 0 Å². The van der Waals surface area contributed by atoms with Crippen LogP contribution in [-0.2, 0) is 6.54 Å². The maximum absolute atomic E-state index is 4.43. The highest BCUT2D eigenvalue weighted by Crippen LogP contribution is 2.16. The van der Waals surface area contributed by atoms with E-state index in [1.807, 2.05) is 24.1 Å². The van der Waals surface area contributed by atoms with E-state index in [0.717, 1.165) is 23.6 Å². The summed E-state index contributed by atoms with van der Waals surface area (Å²) in [6.45, 7) is 5.25. The normalized spacial score (nSPS) is 10.8. The minimum absolute atomic E-state index is 0.581. The Hall–Kier alpha value is -1.91. The van der Waals surface area contributed by atoms with Gasteiger partial charge in [0.1, 0.15) is 5.82 Å². The molecule has 0 amide bonds. The van der Waals surface area contributed by atoms with Crippen LogP contribution in [0.3, 0.4) is 0 Å². The number of nitrogens with one attached hydrogen (secondary N) is 1. The molecule has 0 saturated carbocycles. The molecule has 0 unspecified atom stereocenters. The van der Waals surface area contributed by atoms with Gasteiger partial charge in [0.05, 0.1) is 24.3 Å². The largest absolute Gasteiger partial charge is 0.372 e. The lowest BCUT2D eigenvalue weighted by Gasteiger charge is -2.03. The number of nitrogens with zero attached hydrogens (tertiary/aromatic N) is 4. The van der Waals surface area contributed by atoms with Crippen molar-refractivity contribution in [2.24, 2.45) is 5.92 Å². The third-order valence-corrected chi connectivity index (χ3v) is 2.37. The Morgan fingerprint density at radius 3 is 2.82 bits per heavy atom. The maximum atomic E-state index is 4.43. The molecule has 2 aromatic rings. The highest BCUT2D eigenvalue weighted by Gasteiger charge is 2.05. The summed E-state index contributed by atoms with van der Waals surface area (Å²) in [4.78, 5) is 8.57. The predicted molar refractivity (Wildman–Crippen MR) is 67.6 cm³/mol. The van der Waals surface area contributed by atoms with Gasteiger partial charge in [-0.1, -0.05) is 13.8 Å². The molecule has 0 aromatic carbocycles. The van der Waals surface area contributed by atoms with Crippen LogP contribution in [0.5, 0.6) is 0 Å². The third-order valence-electron chi connectivity index (χ3n) is 2.37. The van der Waals surface area contributed by atoms with E-state index in [-0.39, 0.29) is 0 Å². The fourth-order valence-corrected chi connectivity index (χ4v) is 1.60. The van der Waals surface area contributed by atoms with Crippen molar-refractivity contribution in [2.75, 3.05) is 12.4 Å². The first-order valence-electron chi connectivity index (χ1n) is 5.71. The summed E-state index contributed by atoms with van der Waals surface area (Å²) in [6.07, 6.45) is 7.27. The standard InChI is InChI=1S/C12H17N5/c1-9(2)7-17-8-10(4-15-17)11-5-14-6-12(13-3)16-11/h4-6,8-9H,7H2,1-3H3,(H,13,16). The van der Waals surface area contributed by atoms with E-state index in [1.54, 1.807) is 12.4 Å². The van der Waals surface area contributed by atoms with E-state index < -0.39 is 0 Å². The van der Waals surface area contributed by atoms with Gasteiger partial charge in [-0.3, -0.25) is 9.67 Å². The fourth-order valence-electron chi connectivity index (χ4n) is 1.60. The lowest BCUT2D eigenvalue weighted by Crippen LogP contribution is -2.04. The Bertz CT molecular complexity index is 489. The number of aromatic nitrogens is 4. The molecule has 2 rings (SSSR count). The Kier molecular flexibility index (Phi) is 3.37. The Labute approximate surface area is 101 Å². The molecule has 0 aliphatic carbocycles. The first kappa shape index (κ1) is 11.6. The average molecular weight is 231 g/mol. The van der Waals surface area contributed by atoms with Crippen molar-refractivity contribution in [3.8, 4) is 11.3 Å². The van der Waals surface area contributed by atoms with Crippen molar-refractivity contribution in [1.29, 1.82) is 0 Å². The number of hydrogen-bond acceptors (Lipinski definition) is 4. The minimum atomic E-state index is 0.581. The lowest BCUT2D eigenvalue weighted by atomic mass is 10.2. The quantitative estimate of drug-likeness (QED) is 0.874. The molecule has 5 heteroatoms. The fraction of sp³-hybridized carbons (Fsp3) is 0.417. The molecule has 1 N–H and O–H groups in total. The van der Waals surface area contributed by atoms with Crippen LogP contribution < -0.4 is 5.32 Å². The van der Waals surface area contributed by atoms with Crippen molar-refractivity contribution in [3.63, 3.8) is 0 Å². The molecule has 0 atom stereocenters. The first-order valence-corrected chi connectivity index (χ1v) is 5.71. The Morgan fingerprint density at radius 2 is 2.12 bits per heavy atom. The second-order valence-electron chi connectivity index (χ2n) is 4.38. The van der Waals surface area contributed by atoms with E-state index in [1.165, 1.54) is 0 Å². The first-order chi connectivity index (χ1) is 8.19. The van der Waals surface area contributed by atoms with Crippen molar-refractivity contribution >= 4 is 5.82 Å². The highest BCUT2D eigenvalue weighted by molar-refractivity contribution is 5.57. The number of hydrogen-bond donors (Lipinski definition) is 1. The van der Waals surface area contributed by atoms with E-state index in [2.05, 4.69) is 34.2 Å². The van der Waals surface area contributed by atoms with Gasteiger partial charge >= 0.3 is 0 Å². The molecule has 0 aliphatic heterocycles. The summed E-state index contributed by atoms with van der Waals surface area (Å²) < 4.78 is 1.94. The van der Waals surface area contributed by atoms with E-state index in [9.17, 15) is 0 Å². The van der Waals surface area contributed by atoms with Crippen molar-refractivity contribution in [2.45, 2.75) is 20.4 Å². The smallest absolute Gasteiger partial charge is 0.144 e. The second kappa shape index (κ2) is 4.95. The van der Waals surface area contributed by atoms with Gasteiger partial charge in [0, 0.05) is 25.4 Å². The maximum Gasteiger partial charge on any atom is 0.144 e. The SMILES string of the molecule is CNc1cncc(-c2cnn(CC(C)C)c2)n1. The molecular formula is C12H17N5. The zero-order valence-electron chi connectivity index (χ0n) is 10.4. The molecule has 0 radical (unpaired) electrons. The minimum Gasteiger partial charge on any atom is -0.372 e. The van der Waals surface area contributed by atoms with Gasteiger partial charge < -0.3 is 5.32 Å². The van der Waals surface area contributed by atoms with Crippen LogP contribution in [0.25, 0.3) is 11.3 Å². The summed E-state index contributed by atoms with van der Waals surface area (Å²) in [5.41, 5.74) is 1.84. The highest BCUT2D eigenvalue weighted by atomic mass is 15.3. The van der Waals surface area contributed by atoms with Gasteiger partial charge in [-0.15, -0.1) is 0 Å². The number of rotatable bonds is 4. The summed E-state index contributed by atoms with van der Waals surface area (Å²) in [7, 11) is 1.83. The monoisotopic (exact) mass is 231 g/mol. The molecule has 0 fully saturated rings. The van der Waals surface area contributed by atoms with Crippen molar-refractivity contribution in [3.05, 3.63) is 24.8 Å². The molecule has 2 aromatic heterocycles. The zero-order valence-corrected chi connectivity index (χ0v) is 10.4. The van der Waals surface area contributed by atoms with E-state index in [0.29, 0.717) is 5.92 Å². The lowest BCUT2D eigenvalue weighted by molar-refractivity contribution is 0.483. The molecular weight excluding hydrogens is 214 g/mol. The van der Waals surface area contributed by atoms with Crippen LogP contribution in [0.2, 0.25) is 0 Å². The molecule has 5 nitrogen and oxygen atoms in total. The molecule has 0 saturated heterocycles. The van der Waals surface area contributed by atoms with Crippen molar-refractivity contribution in [1.82, 2.24) is 19.7 Å². The van der Waals surface area contributed by atoms with Crippen LogP contribution in [0.15, 0.2) is 24.8 Å². The van der Waals surface area contributed by atoms with Gasteiger partial charge in [0.15, 0.2) is 0 Å². The van der Waals surface area contributed by atoms with Crippen LogP contribution >= 0.6 is 0 Å². The number of anilines is 1. The average Bonchev–Trinajstić information content (AvgIpc) is 2.77. The third kappa shape index (κ3) is 2.81. The second-order valence-corrected chi connectivity index (χ2v) is 4.38. The molecule has 2 heterocycles. The van der Waals surface area contributed by atoms with Crippen LogP contribution in [0.4, 0.5) is 5.82 Å². The zero-order chi connectivity index (χ0) is 12.3. The summed E-state index contributed by atoms with van der Waals surface area (Å²) in [5, 5.41) is 7.29. The van der Waals surface area contributed by atoms with Crippen LogP contribution in [0.1, 0.15) is 13.8 Å². The van der Waals surface area contributed by atoms with Gasteiger partial charge in [-0.2, -0.15) is 5.10 Å². The van der Waals surface area contributed by atoms with E-state index >= 15 is 0 Å². The molecule has 0 bridgehead atoms. The van der Waals surface area contributed by atoms with Crippen LogP contribution in [0, 0.1) is 5.92 Å². The topological polar surface area (TPSA) is 55.6 Å². The molecule has 0 aliphatic rings. The summed E-state index contributed by atoms with van der Waals surface area (Å²) >= 11 is 0. The predicted octanol–water partition coefficient (Wildman–Crippen LogP) is 2.04. The molecule has 90 valence electrons. The van der Waals surface area contributed by atoms with Gasteiger partial charge in [0.2, 0.25) is 0 Å². The summed E-state index contributed by atoms with van der Waals surface area (Å²) in [6, 6.07) is 0. The van der Waals surface area contributed by atoms with Crippen LogP contribution in [-0.4, -0.2) is 26.8 Å². The summed E-state index contributed by atoms with van der Waals surface area (Å²) in [5.74, 6) is 1.34. The Morgan fingerprint density at radius 1 is 1.29 bits per heavy atom. The van der Waals surface area contributed by atoms with Gasteiger partial charge in [0.25, 0.3) is 0 Å². The van der Waals surface area contributed by atoms with Gasteiger partial charge in [-0.25, -0.2) is 4.98 Å². The van der Waals surface area contributed by atoms with E-state index in [4.69, 9.17) is 0 Å². The van der Waals surface area contributed by atoms with Gasteiger partial charge in [-0.05, 0) is 5.92 Å².